The van der Waals surface area contributed by atoms with Crippen molar-refractivity contribution in [1.82, 2.24) is 24.8 Å². The van der Waals surface area contributed by atoms with Crippen LogP contribution in [-0.2, 0) is 0 Å². The van der Waals surface area contributed by atoms with Crippen molar-refractivity contribution < 1.29 is 9.32 Å². The van der Waals surface area contributed by atoms with Crippen molar-refractivity contribution >= 4 is 17.2 Å². The number of nitriles is 1. The molecule has 0 radical (unpaired) electrons. The van der Waals surface area contributed by atoms with E-state index in [4.69, 9.17) is 9.78 Å². The van der Waals surface area contributed by atoms with E-state index in [1.807, 2.05) is 25.1 Å². The van der Waals surface area contributed by atoms with Gasteiger partial charge in [-0.1, -0.05) is 17.3 Å². The average Bonchev–Trinajstić information content (AvgIpc) is 3.35. The van der Waals surface area contributed by atoms with Gasteiger partial charge in [0.05, 0.1) is 17.7 Å². The second kappa shape index (κ2) is 7.09. The summed E-state index contributed by atoms with van der Waals surface area (Å²) in [5.41, 5.74) is 3.66. The highest BCUT2D eigenvalue weighted by molar-refractivity contribution is 6.04. The summed E-state index contributed by atoms with van der Waals surface area (Å²) in [5, 5.41) is 19.3. The third-order valence-electron chi connectivity index (χ3n) is 5.18. The Hall–Kier alpha value is -4.03. The predicted molar refractivity (Wildman–Crippen MR) is 108 cm³/mol. The lowest BCUT2D eigenvalue weighted by atomic mass is 10.0. The van der Waals surface area contributed by atoms with Gasteiger partial charge in [0, 0.05) is 30.5 Å². The van der Waals surface area contributed by atoms with Crippen LogP contribution >= 0.6 is 0 Å². The fourth-order valence-electron chi connectivity index (χ4n) is 3.28. The van der Waals surface area contributed by atoms with Gasteiger partial charge in [-0.15, -0.1) is 0 Å². The molecule has 30 heavy (non-hydrogen) atoms. The first-order valence-corrected chi connectivity index (χ1v) is 9.46. The monoisotopic (exact) mass is 399 g/mol. The van der Waals surface area contributed by atoms with Crippen molar-refractivity contribution in [1.29, 1.82) is 5.26 Å². The van der Waals surface area contributed by atoms with Crippen LogP contribution in [0.15, 0.2) is 47.2 Å². The van der Waals surface area contributed by atoms with Gasteiger partial charge < -0.3 is 15.2 Å². The number of hydrogen-bond donors (Lipinski definition) is 2. The quantitative estimate of drug-likeness (QED) is 0.541. The molecule has 0 atom stereocenters. The van der Waals surface area contributed by atoms with E-state index >= 15 is 0 Å². The van der Waals surface area contributed by atoms with E-state index in [-0.39, 0.29) is 11.8 Å². The van der Waals surface area contributed by atoms with Crippen molar-refractivity contribution in [2.45, 2.75) is 12.8 Å². The molecule has 0 unspecified atom stereocenters. The molecule has 1 aliphatic heterocycles. The maximum atomic E-state index is 12.9. The van der Waals surface area contributed by atoms with E-state index < -0.39 is 0 Å². The number of benzene rings is 1. The van der Waals surface area contributed by atoms with Crippen LogP contribution in [0.5, 0.6) is 0 Å². The van der Waals surface area contributed by atoms with Gasteiger partial charge in [0.2, 0.25) is 11.7 Å². The molecule has 0 saturated carbocycles. The highest BCUT2D eigenvalue weighted by Crippen LogP contribution is 2.26. The Morgan fingerprint density at radius 1 is 1.33 bits per heavy atom. The van der Waals surface area contributed by atoms with Crippen LogP contribution in [0.25, 0.3) is 17.0 Å². The first-order valence-electron chi connectivity index (χ1n) is 9.46. The molecule has 5 rings (SSSR count). The van der Waals surface area contributed by atoms with Gasteiger partial charge in [-0.2, -0.15) is 10.2 Å². The van der Waals surface area contributed by atoms with Crippen LogP contribution in [0.3, 0.4) is 0 Å². The molecule has 1 amide bonds. The zero-order chi connectivity index (χ0) is 20.7. The van der Waals surface area contributed by atoms with Gasteiger partial charge in [0.25, 0.3) is 5.91 Å². The topological polar surface area (TPSA) is 121 Å². The lowest BCUT2D eigenvalue weighted by Gasteiger charge is -2.22. The molecule has 1 saturated heterocycles. The number of imidazole rings is 1. The summed E-state index contributed by atoms with van der Waals surface area (Å²) in [5.74, 6) is 1.03. The van der Waals surface area contributed by atoms with Crippen molar-refractivity contribution in [3.63, 3.8) is 0 Å². The van der Waals surface area contributed by atoms with Crippen LogP contribution in [0, 0.1) is 18.3 Å². The van der Waals surface area contributed by atoms with E-state index in [1.165, 1.54) is 6.20 Å². The Labute approximate surface area is 171 Å². The Bertz CT molecular complexity index is 1310. The number of pyridine rings is 1. The number of hydrogen-bond acceptors (Lipinski definition) is 7. The van der Waals surface area contributed by atoms with Crippen molar-refractivity contribution in [2.24, 2.45) is 0 Å². The minimum Gasteiger partial charge on any atom is -0.339 e. The number of nitrogens with one attached hydrogen (secondary N) is 2. The number of carbonyl (C=O) groups excluding carboxylic acids is 1. The highest BCUT2D eigenvalue weighted by Gasteiger charge is 2.25. The average molecular weight is 399 g/mol. The summed E-state index contributed by atoms with van der Waals surface area (Å²) >= 11 is 0. The van der Waals surface area contributed by atoms with Crippen LogP contribution in [0.1, 0.15) is 33.4 Å². The fourth-order valence-corrected chi connectivity index (χ4v) is 3.28. The normalized spacial score (nSPS) is 13.7. The molecule has 2 N–H and O–H groups in total. The summed E-state index contributed by atoms with van der Waals surface area (Å²) in [6.07, 6.45) is 3.08. The standard InChI is InChI=1S/C21H17N7O2/c1-12-2-4-14(19-26-21(30-27-19)15-8-23-9-15)6-16(12)25-20(29)17-10-24-18-5-3-13(7-22)11-28(17)18/h2-6,10-11,15,23H,8-9H2,1H3,(H,25,29). The highest BCUT2D eigenvalue weighted by atomic mass is 16.5. The van der Waals surface area contributed by atoms with E-state index in [9.17, 15) is 4.79 Å². The first kappa shape index (κ1) is 18.0. The third-order valence-corrected chi connectivity index (χ3v) is 5.18. The molecule has 0 bridgehead atoms. The number of fused-ring (bicyclic) bond motifs is 1. The van der Waals surface area contributed by atoms with E-state index in [0.29, 0.717) is 34.3 Å². The number of aromatic nitrogens is 4. The number of amides is 1. The molecular weight excluding hydrogens is 382 g/mol. The summed E-state index contributed by atoms with van der Waals surface area (Å²) in [6.45, 7) is 3.58. The molecular formula is C21H17N7O2. The Morgan fingerprint density at radius 2 is 2.20 bits per heavy atom. The van der Waals surface area contributed by atoms with Crippen LogP contribution < -0.4 is 10.6 Å². The zero-order valence-corrected chi connectivity index (χ0v) is 16.1. The van der Waals surface area contributed by atoms with Gasteiger partial charge in [0.15, 0.2) is 0 Å². The predicted octanol–water partition coefficient (Wildman–Crippen LogP) is 2.50. The van der Waals surface area contributed by atoms with Gasteiger partial charge in [-0.3, -0.25) is 9.20 Å². The number of aryl methyl sites for hydroxylation is 1. The molecule has 0 aliphatic carbocycles. The number of carbonyl (C=O) groups is 1. The summed E-state index contributed by atoms with van der Waals surface area (Å²) in [6, 6.07) is 11.1. The smallest absolute Gasteiger partial charge is 0.274 e. The lowest BCUT2D eigenvalue weighted by Crippen LogP contribution is -2.40. The van der Waals surface area contributed by atoms with E-state index in [2.05, 4.69) is 31.8 Å². The van der Waals surface area contributed by atoms with Gasteiger partial charge in [-0.25, -0.2) is 4.98 Å². The molecule has 3 aromatic heterocycles. The van der Waals surface area contributed by atoms with E-state index in [1.54, 1.807) is 22.7 Å². The molecule has 0 spiro atoms. The second-order valence-corrected chi connectivity index (χ2v) is 7.20. The molecule has 4 heterocycles. The number of anilines is 1. The van der Waals surface area contributed by atoms with Crippen molar-refractivity contribution in [2.75, 3.05) is 18.4 Å². The molecule has 9 heteroatoms. The largest absolute Gasteiger partial charge is 0.339 e. The van der Waals surface area contributed by atoms with Crippen molar-refractivity contribution in [3.05, 3.63) is 65.4 Å². The Kier molecular flexibility index (Phi) is 4.26. The number of rotatable bonds is 4. The molecule has 148 valence electrons. The Morgan fingerprint density at radius 3 is 2.97 bits per heavy atom. The third kappa shape index (κ3) is 3.09. The minimum atomic E-state index is -0.327. The summed E-state index contributed by atoms with van der Waals surface area (Å²) in [4.78, 5) is 21.6. The lowest BCUT2D eigenvalue weighted by molar-refractivity contribution is 0.102. The zero-order valence-electron chi connectivity index (χ0n) is 16.1. The van der Waals surface area contributed by atoms with Gasteiger partial charge >= 0.3 is 0 Å². The SMILES string of the molecule is Cc1ccc(-c2noc(C3CNC3)n2)cc1NC(=O)c1cnc2ccc(C#N)cn12. The fraction of sp³-hybridized carbons (Fsp3) is 0.190. The summed E-state index contributed by atoms with van der Waals surface area (Å²) in [7, 11) is 0. The maximum Gasteiger partial charge on any atom is 0.274 e. The summed E-state index contributed by atoms with van der Waals surface area (Å²) < 4.78 is 6.98. The van der Waals surface area contributed by atoms with E-state index in [0.717, 1.165) is 24.2 Å². The second-order valence-electron chi connectivity index (χ2n) is 7.20. The van der Waals surface area contributed by atoms with Crippen molar-refractivity contribution in [3.8, 4) is 17.5 Å². The molecule has 9 nitrogen and oxygen atoms in total. The molecule has 4 aromatic rings. The number of nitrogens with zero attached hydrogens (tertiary/aromatic N) is 5. The van der Waals surface area contributed by atoms with Gasteiger partial charge in [-0.05, 0) is 30.7 Å². The molecule has 1 aromatic carbocycles. The molecule has 1 fully saturated rings. The van der Waals surface area contributed by atoms with Crippen LogP contribution in [-0.4, -0.2) is 38.5 Å². The van der Waals surface area contributed by atoms with Crippen LogP contribution in [0.2, 0.25) is 0 Å². The maximum absolute atomic E-state index is 12.9. The minimum absolute atomic E-state index is 0.254. The van der Waals surface area contributed by atoms with Gasteiger partial charge in [0.1, 0.15) is 17.4 Å². The Balaban J connectivity index is 1.43. The first-order chi connectivity index (χ1) is 14.6. The van der Waals surface area contributed by atoms with Crippen LogP contribution in [0.4, 0.5) is 5.69 Å². The molecule has 1 aliphatic rings.